The van der Waals surface area contributed by atoms with Crippen molar-refractivity contribution in [1.29, 1.82) is 0 Å². The first kappa shape index (κ1) is 18.1. The molecule has 2 atom stereocenters. The van der Waals surface area contributed by atoms with Crippen molar-refractivity contribution < 1.29 is 14.6 Å². The molecular weight excluding hydrogens is 344 g/mol. The van der Waals surface area contributed by atoms with Crippen molar-refractivity contribution in [2.75, 3.05) is 13.1 Å². The highest BCUT2D eigenvalue weighted by atomic mass is 16.5. The van der Waals surface area contributed by atoms with Crippen molar-refractivity contribution in [3.05, 3.63) is 47.3 Å². The number of aromatic nitrogens is 3. The summed E-state index contributed by atoms with van der Waals surface area (Å²) in [5.41, 5.74) is 2.01. The molecule has 7 nitrogen and oxygen atoms in total. The molecule has 0 radical (unpaired) electrons. The lowest BCUT2D eigenvalue weighted by Gasteiger charge is -2.41. The van der Waals surface area contributed by atoms with Gasteiger partial charge < -0.3 is 14.7 Å². The second kappa shape index (κ2) is 7.05. The van der Waals surface area contributed by atoms with Gasteiger partial charge in [-0.3, -0.25) is 4.79 Å². The van der Waals surface area contributed by atoms with Crippen molar-refractivity contribution in [2.45, 2.75) is 57.5 Å². The Morgan fingerprint density at radius 3 is 3.07 bits per heavy atom. The third-order valence-corrected chi connectivity index (χ3v) is 5.42. The van der Waals surface area contributed by atoms with Crippen LogP contribution in [0.15, 0.2) is 30.5 Å². The third-order valence-electron chi connectivity index (χ3n) is 5.42. The third kappa shape index (κ3) is 3.89. The van der Waals surface area contributed by atoms with E-state index in [2.05, 4.69) is 10.3 Å². The topological polar surface area (TPSA) is 80.5 Å². The summed E-state index contributed by atoms with van der Waals surface area (Å²) < 4.78 is 7.83. The molecule has 1 saturated heterocycles. The molecule has 2 aliphatic heterocycles. The summed E-state index contributed by atoms with van der Waals surface area (Å²) >= 11 is 0. The number of fused-ring (bicyclic) bond motifs is 3. The highest BCUT2D eigenvalue weighted by Crippen LogP contribution is 2.30. The molecule has 1 aromatic carbocycles. The lowest BCUT2D eigenvalue weighted by Crippen LogP contribution is -2.49. The number of likely N-dealkylation sites (tertiary alicyclic amines) is 1. The Hall–Kier alpha value is -2.25. The summed E-state index contributed by atoms with van der Waals surface area (Å²) in [5, 5.41) is 18.1. The molecule has 0 bridgehead atoms. The normalized spacial score (nSPS) is 22.3. The highest BCUT2D eigenvalue weighted by molar-refractivity contribution is 5.94. The Bertz CT molecular complexity index is 827. The fourth-order valence-corrected chi connectivity index (χ4v) is 3.86. The molecule has 2 aromatic rings. The number of ether oxygens (including phenoxy) is 1. The van der Waals surface area contributed by atoms with E-state index in [0.717, 1.165) is 24.1 Å². The number of hydrogen-bond donors (Lipinski definition) is 1. The predicted octanol–water partition coefficient (Wildman–Crippen LogP) is 1.97. The molecule has 0 saturated carbocycles. The van der Waals surface area contributed by atoms with Crippen LogP contribution in [0.5, 0.6) is 0 Å². The van der Waals surface area contributed by atoms with Crippen LogP contribution in [0.25, 0.3) is 0 Å². The Morgan fingerprint density at radius 1 is 1.41 bits per heavy atom. The highest BCUT2D eigenvalue weighted by Gasteiger charge is 2.38. The Labute approximate surface area is 158 Å². The van der Waals surface area contributed by atoms with Crippen LogP contribution in [-0.2, 0) is 17.8 Å². The average molecular weight is 370 g/mol. The largest absolute Gasteiger partial charge is 0.390 e. The minimum absolute atomic E-state index is 0.0207. The van der Waals surface area contributed by atoms with Gasteiger partial charge in [0.05, 0.1) is 36.2 Å². The molecule has 1 amide bonds. The first-order chi connectivity index (χ1) is 12.9. The fourth-order valence-electron chi connectivity index (χ4n) is 3.86. The van der Waals surface area contributed by atoms with Gasteiger partial charge in [-0.15, -0.1) is 5.10 Å². The zero-order chi connectivity index (χ0) is 19.0. The smallest absolute Gasteiger partial charge is 0.253 e. The van der Waals surface area contributed by atoms with E-state index >= 15 is 0 Å². The van der Waals surface area contributed by atoms with E-state index in [1.807, 2.05) is 33.8 Å². The van der Waals surface area contributed by atoms with Gasteiger partial charge in [-0.25, -0.2) is 4.68 Å². The summed E-state index contributed by atoms with van der Waals surface area (Å²) in [6.07, 6.45) is 4.01. The van der Waals surface area contributed by atoms with Crippen LogP contribution in [0.3, 0.4) is 0 Å². The maximum absolute atomic E-state index is 13.1. The monoisotopic (exact) mass is 370 g/mol. The number of carbonyl (C=O) groups is 1. The van der Waals surface area contributed by atoms with Gasteiger partial charge in [0.2, 0.25) is 0 Å². The van der Waals surface area contributed by atoms with Gasteiger partial charge >= 0.3 is 0 Å². The molecule has 1 N–H and O–H groups in total. The maximum atomic E-state index is 13.1. The minimum Gasteiger partial charge on any atom is -0.390 e. The number of rotatable bonds is 4. The number of aliphatic hydroxyl groups is 1. The molecule has 0 unspecified atom stereocenters. The molecule has 27 heavy (non-hydrogen) atoms. The molecule has 1 aromatic heterocycles. The quantitative estimate of drug-likeness (QED) is 0.890. The van der Waals surface area contributed by atoms with Crippen LogP contribution < -0.4 is 0 Å². The average Bonchev–Trinajstić information content (AvgIpc) is 3.14. The van der Waals surface area contributed by atoms with Crippen LogP contribution >= 0.6 is 0 Å². The lowest BCUT2D eigenvalue weighted by atomic mass is 9.97. The molecule has 0 aliphatic carbocycles. The standard InChI is InChI=1S/C20H26N4O3/c1-20(2,26)8-6-14-4-3-5-15(10-14)19(25)23-9-7-18-17(12-23)24-16(13-27-18)11-21-22-24/h3-5,10-11,17-18,26H,6-9,12-13H2,1-2H3/t17-,18-/m0/s1. The number of carbonyl (C=O) groups excluding carboxylic acids is 1. The molecule has 1 fully saturated rings. The second-order valence-corrected chi connectivity index (χ2v) is 8.14. The number of aryl methyl sites for hydroxylation is 1. The Morgan fingerprint density at radius 2 is 2.26 bits per heavy atom. The molecule has 0 spiro atoms. The number of nitrogens with zero attached hydrogens (tertiary/aromatic N) is 4. The van der Waals surface area contributed by atoms with Gasteiger partial charge in [0.1, 0.15) is 0 Å². The van der Waals surface area contributed by atoms with E-state index in [-0.39, 0.29) is 18.1 Å². The minimum atomic E-state index is -0.710. The molecule has 4 rings (SSSR count). The summed E-state index contributed by atoms with van der Waals surface area (Å²) in [6, 6.07) is 7.75. The van der Waals surface area contributed by atoms with Crippen molar-refractivity contribution >= 4 is 5.91 Å². The van der Waals surface area contributed by atoms with Gasteiger partial charge in [-0.1, -0.05) is 17.3 Å². The second-order valence-electron chi connectivity index (χ2n) is 8.14. The first-order valence-corrected chi connectivity index (χ1v) is 9.52. The van der Waals surface area contributed by atoms with E-state index < -0.39 is 5.60 Å². The summed E-state index contributed by atoms with van der Waals surface area (Å²) in [4.78, 5) is 15.0. The van der Waals surface area contributed by atoms with Gasteiger partial charge in [0.15, 0.2) is 0 Å². The van der Waals surface area contributed by atoms with E-state index in [4.69, 9.17) is 4.74 Å². The van der Waals surface area contributed by atoms with E-state index in [1.54, 1.807) is 20.0 Å². The van der Waals surface area contributed by atoms with Crippen molar-refractivity contribution in [2.24, 2.45) is 0 Å². The van der Waals surface area contributed by atoms with Gasteiger partial charge in [-0.05, 0) is 50.8 Å². The van der Waals surface area contributed by atoms with Crippen LogP contribution in [0.2, 0.25) is 0 Å². The number of piperidine rings is 1. The number of hydrogen-bond acceptors (Lipinski definition) is 5. The summed E-state index contributed by atoms with van der Waals surface area (Å²) in [5.74, 6) is 0.0331. The lowest BCUT2D eigenvalue weighted by molar-refractivity contribution is -0.0605. The van der Waals surface area contributed by atoms with Gasteiger partial charge in [-0.2, -0.15) is 0 Å². The van der Waals surface area contributed by atoms with Crippen LogP contribution in [0.4, 0.5) is 0 Å². The fraction of sp³-hybridized carbons (Fsp3) is 0.550. The SMILES string of the molecule is CC(C)(O)CCc1cccc(C(=O)N2CC[C@@H]3OCc4cnnn4[C@H]3C2)c1. The van der Waals surface area contributed by atoms with Gasteiger partial charge in [0, 0.05) is 18.7 Å². The van der Waals surface area contributed by atoms with E-state index in [0.29, 0.717) is 31.7 Å². The maximum Gasteiger partial charge on any atom is 0.253 e. The molecule has 144 valence electrons. The molecular formula is C20H26N4O3. The zero-order valence-electron chi connectivity index (χ0n) is 15.8. The molecule has 2 aliphatic rings. The molecule has 7 heteroatoms. The summed E-state index contributed by atoms with van der Waals surface area (Å²) in [7, 11) is 0. The van der Waals surface area contributed by atoms with E-state index in [9.17, 15) is 9.90 Å². The number of benzene rings is 1. The van der Waals surface area contributed by atoms with Gasteiger partial charge in [0.25, 0.3) is 5.91 Å². The van der Waals surface area contributed by atoms with Crippen molar-refractivity contribution in [3.63, 3.8) is 0 Å². The number of amides is 1. The molecule has 3 heterocycles. The van der Waals surface area contributed by atoms with Crippen LogP contribution in [0, 0.1) is 0 Å². The zero-order valence-corrected chi connectivity index (χ0v) is 15.8. The Kier molecular flexibility index (Phi) is 4.74. The predicted molar refractivity (Wildman–Crippen MR) is 99.2 cm³/mol. The summed E-state index contributed by atoms with van der Waals surface area (Å²) in [6.45, 7) is 5.39. The van der Waals surface area contributed by atoms with E-state index in [1.165, 1.54) is 0 Å². The van der Waals surface area contributed by atoms with Crippen LogP contribution in [-0.4, -0.2) is 55.7 Å². The van der Waals surface area contributed by atoms with Crippen molar-refractivity contribution in [1.82, 2.24) is 19.9 Å². The Balaban J connectivity index is 1.48. The first-order valence-electron chi connectivity index (χ1n) is 9.52. The van der Waals surface area contributed by atoms with Crippen LogP contribution in [0.1, 0.15) is 54.3 Å². The van der Waals surface area contributed by atoms with Crippen molar-refractivity contribution in [3.8, 4) is 0 Å².